The molecule has 2 aromatic heterocycles. The van der Waals surface area contributed by atoms with Crippen LogP contribution in [0, 0.1) is 12.3 Å². The summed E-state index contributed by atoms with van der Waals surface area (Å²) in [4.78, 5) is 17.3. The molecule has 7 nitrogen and oxygen atoms in total. The molecular formula is C16H14ClF3N4O3S. The third-order valence-electron chi connectivity index (χ3n) is 3.41. The maximum atomic E-state index is 12.4. The first kappa shape index (κ1) is 21.7. The summed E-state index contributed by atoms with van der Waals surface area (Å²) in [6.07, 6.45) is 4.10. The van der Waals surface area contributed by atoms with Crippen LogP contribution in [0.15, 0.2) is 30.7 Å². The largest absolute Gasteiger partial charge is 0.402 e. The van der Waals surface area contributed by atoms with Gasteiger partial charge in [-0.3, -0.25) is 14.7 Å². The number of alkyl halides is 3. The summed E-state index contributed by atoms with van der Waals surface area (Å²) in [6.45, 7) is -0.267. The van der Waals surface area contributed by atoms with Gasteiger partial charge < -0.3 is 0 Å². The highest BCUT2D eigenvalue weighted by Crippen LogP contribution is 2.26. The van der Waals surface area contributed by atoms with Gasteiger partial charge in [-0.1, -0.05) is 17.5 Å². The van der Waals surface area contributed by atoms with E-state index in [-0.39, 0.29) is 17.4 Å². The number of sulfone groups is 1. The van der Waals surface area contributed by atoms with Crippen molar-refractivity contribution in [2.24, 2.45) is 0 Å². The van der Waals surface area contributed by atoms with Gasteiger partial charge in [-0.2, -0.15) is 18.3 Å². The van der Waals surface area contributed by atoms with Gasteiger partial charge in [-0.25, -0.2) is 13.1 Å². The maximum absolute atomic E-state index is 12.4. The summed E-state index contributed by atoms with van der Waals surface area (Å²) in [5.74, 6) is -1.54. The van der Waals surface area contributed by atoms with Crippen LogP contribution in [0.3, 0.4) is 0 Å². The highest BCUT2D eigenvalue weighted by molar-refractivity contribution is 7.91. The molecule has 0 unspecified atom stereocenters. The second-order valence-corrected chi connectivity index (χ2v) is 8.14. The van der Waals surface area contributed by atoms with E-state index in [4.69, 9.17) is 18.0 Å². The Morgan fingerprint density at radius 2 is 2.11 bits per heavy atom. The molecule has 0 radical (unpaired) electrons. The highest BCUT2D eigenvalue weighted by Gasteiger charge is 2.35. The molecule has 0 aliphatic carbocycles. The third-order valence-corrected chi connectivity index (χ3v) is 5.28. The van der Waals surface area contributed by atoms with Crippen LogP contribution in [0.25, 0.3) is 5.69 Å². The Bertz CT molecular complexity index is 985. The van der Waals surface area contributed by atoms with Gasteiger partial charge in [0.2, 0.25) is 5.91 Å². The molecule has 0 atom stereocenters. The summed E-state index contributed by atoms with van der Waals surface area (Å²) in [7, 11) is -4.50. The maximum Gasteiger partial charge on any atom is 0.402 e. The monoisotopic (exact) mass is 434 g/mol. The van der Waals surface area contributed by atoms with Crippen molar-refractivity contribution < 1.29 is 26.4 Å². The number of terminal acetylenes is 1. The lowest BCUT2D eigenvalue weighted by Gasteiger charge is -2.19. The lowest BCUT2D eigenvalue weighted by molar-refractivity contribution is -0.118. The number of amides is 1. The Balaban J connectivity index is 2.20. The van der Waals surface area contributed by atoms with Crippen LogP contribution in [0.5, 0.6) is 0 Å². The normalized spacial score (nSPS) is 11.8. The number of hydrogen-bond donors (Lipinski definition) is 0. The fraction of sp³-hybridized carbons (Fsp3) is 0.312. The van der Waals surface area contributed by atoms with Crippen molar-refractivity contribution >= 4 is 33.0 Å². The van der Waals surface area contributed by atoms with E-state index in [2.05, 4.69) is 16.0 Å². The van der Waals surface area contributed by atoms with Crippen molar-refractivity contribution in [1.82, 2.24) is 14.8 Å². The average Bonchev–Trinajstić information content (AvgIpc) is 2.98. The molecule has 0 N–H and O–H groups in total. The molecule has 0 fully saturated rings. The SMILES string of the molecule is C#CCN(C(=O)CCS(=O)(=O)CC(F)(F)F)c1cn(-c2cccnc2)nc1Cl. The Hall–Kier alpha value is -2.58. The van der Waals surface area contributed by atoms with Crippen LogP contribution in [-0.2, 0) is 14.6 Å². The predicted molar refractivity (Wildman–Crippen MR) is 96.9 cm³/mol. The molecule has 1 amide bonds. The van der Waals surface area contributed by atoms with Gasteiger partial charge in [0.1, 0.15) is 11.4 Å². The van der Waals surface area contributed by atoms with E-state index in [1.807, 2.05) is 0 Å². The van der Waals surface area contributed by atoms with Crippen molar-refractivity contribution in [1.29, 1.82) is 0 Å². The second kappa shape index (κ2) is 8.62. The molecule has 0 aromatic carbocycles. The zero-order chi connectivity index (χ0) is 20.9. The molecule has 28 heavy (non-hydrogen) atoms. The van der Waals surface area contributed by atoms with Crippen LogP contribution in [0.1, 0.15) is 6.42 Å². The number of hydrogen-bond acceptors (Lipinski definition) is 5. The van der Waals surface area contributed by atoms with E-state index in [0.717, 1.165) is 4.90 Å². The summed E-state index contributed by atoms with van der Waals surface area (Å²) in [5, 5.41) is 3.94. The Morgan fingerprint density at radius 3 is 2.68 bits per heavy atom. The number of pyridine rings is 1. The highest BCUT2D eigenvalue weighted by atomic mass is 35.5. The van der Waals surface area contributed by atoms with Crippen molar-refractivity contribution in [2.45, 2.75) is 12.6 Å². The molecule has 2 heterocycles. The minimum atomic E-state index is -4.88. The number of nitrogens with zero attached hydrogens (tertiary/aromatic N) is 4. The van der Waals surface area contributed by atoms with Crippen LogP contribution >= 0.6 is 11.6 Å². The first-order valence-electron chi connectivity index (χ1n) is 7.69. The number of carbonyl (C=O) groups is 1. The molecule has 12 heteroatoms. The lowest BCUT2D eigenvalue weighted by Crippen LogP contribution is -2.34. The summed E-state index contributed by atoms with van der Waals surface area (Å²) < 4.78 is 61.3. The summed E-state index contributed by atoms with van der Waals surface area (Å²) in [6, 6.07) is 3.33. The van der Waals surface area contributed by atoms with E-state index in [1.165, 1.54) is 17.1 Å². The molecule has 0 saturated heterocycles. The van der Waals surface area contributed by atoms with Crippen molar-refractivity contribution in [2.75, 3.05) is 23.0 Å². The smallest absolute Gasteiger partial charge is 0.296 e. The van der Waals surface area contributed by atoms with E-state index in [0.29, 0.717) is 5.69 Å². The predicted octanol–water partition coefficient (Wildman–Crippen LogP) is 2.25. The molecule has 0 spiro atoms. The summed E-state index contributed by atoms with van der Waals surface area (Å²) >= 11 is 6.06. The molecule has 2 aromatic rings. The Morgan fingerprint density at radius 1 is 1.39 bits per heavy atom. The van der Waals surface area contributed by atoms with Gasteiger partial charge >= 0.3 is 6.18 Å². The zero-order valence-electron chi connectivity index (χ0n) is 14.2. The van der Waals surface area contributed by atoms with Crippen molar-refractivity contribution in [3.8, 4) is 18.0 Å². The van der Waals surface area contributed by atoms with Gasteiger partial charge in [0.15, 0.2) is 15.0 Å². The Kier molecular flexibility index (Phi) is 6.69. The number of halogens is 4. The molecule has 150 valence electrons. The van der Waals surface area contributed by atoms with E-state index < -0.39 is 39.8 Å². The van der Waals surface area contributed by atoms with E-state index in [9.17, 15) is 26.4 Å². The minimum absolute atomic E-state index is 0.0920. The van der Waals surface area contributed by atoms with Crippen LogP contribution in [-0.4, -0.2) is 53.3 Å². The topological polar surface area (TPSA) is 85.2 Å². The quantitative estimate of drug-likeness (QED) is 0.624. The molecular weight excluding hydrogens is 421 g/mol. The van der Waals surface area contributed by atoms with E-state index in [1.54, 1.807) is 18.3 Å². The fourth-order valence-electron chi connectivity index (χ4n) is 2.24. The number of rotatable bonds is 7. The third kappa shape index (κ3) is 5.97. The number of aromatic nitrogens is 3. The first-order chi connectivity index (χ1) is 13.0. The average molecular weight is 435 g/mol. The summed E-state index contributed by atoms with van der Waals surface area (Å²) in [5.41, 5.74) is 0.637. The van der Waals surface area contributed by atoms with E-state index >= 15 is 0 Å². The molecule has 0 saturated carbocycles. The second-order valence-electron chi connectivity index (χ2n) is 5.60. The van der Waals surface area contributed by atoms with Gasteiger partial charge in [0.25, 0.3) is 0 Å². The Labute approximate surface area is 164 Å². The van der Waals surface area contributed by atoms with Gasteiger partial charge in [-0.15, -0.1) is 6.42 Å². The fourth-order valence-corrected chi connectivity index (χ4v) is 3.61. The standard InChI is InChI=1S/C16H14ClF3N4O3S/c1-2-7-23(14(25)5-8-28(26,27)11-16(18,19)20)13-10-24(22-15(13)17)12-4-3-6-21-9-12/h1,3-4,6,9-10H,5,7-8,11H2. The van der Waals surface area contributed by atoms with Crippen LogP contribution < -0.4 is 4.90 Å². The van der Waals surface area contributed by atoms with Crippen LogP contribution in [0.4, 0.5) is 18.9 Å². The number of carbonyl (C=O) groups excluding carboxylic acids is 1. The molecule has 2 rings (SSSR count). The van der Waals surface area contributed by atoms with Gasteiger partial charge in [-0.05, 0) is 12.1 Å². The van der Waals surface area contributed by atoms with Gasteiger partial charge in [0.05, 0.1) is 30.4 Å². The molecule has 0 bridgehead atoms. The van der Waals surface area contributed by atoms with Crippen LogP contribution in [0.2, 0.25) is 5.15 Å². The van der Waals surface area contributed by atoms with Crippen molar-refractivity contribution in [3.63, 3.8) is 0 Å². The molecule has 0 aliphatic rings. The zero-order valence-corrected chi connectivity index (χ0v) is 15.8. The lowest BCUT2D eigenvalue weighted by atomic mass is 10.3. The molecule has 0 aliphatic heterocycles. The minimum Gasteiger partial charge on any atom is -0.296 e. The first-order valence-corrected chi connectivity index (χ1v) is 9.89. The number of anilines is 1. The van der Waals surface area contributed by atoms with Gasteiger partial charge in [0, 0.05) is 12.6 Å². The van der Waals surface area contributed by atoms with Crippen molar-refractivity contribution in [3.05, 3.63) is 35.9 Å².